The first-order chi connectivity index (χ1) is 9.90. The zero-order valence-corrected chi connectivity index (χ0v) is 12.9. The summed E-state index contributed by atoms with van der Waals surface area (Å²) < 4.78 is 10.2. The van der Waals surface area contributed by atoms with E-state index in [0.717, 1.165) is 0 Å². The van der Waals surface area contributed by atoms with Crippen molar-refractivity contribution in [3.63, 3.8) is 0 Å². The van der Waals surface area contributed by atoms with Crippen LogP contribution in [0.1, 0.15) is 39.7 Å². The van der Waals surface area contributed by atoms with Crippen LogP contribution in [0, 0.1) is 11.8 Å². The van der Waals surface area contributed by atoms with Gasteiger partial charge in [0, 0.05) is 25.4 Å². The molecule has 0 radical (unpaired) electrons. The normalized spacial score (nSPS) is 10.3. The van der Waals surface area contributed by atoms with Gasteiger partial charge in [0.2, 0.25) is 0 Å². The van der Waals surface area contributed by atoms with Crippen LogP contribution >= 0.6 is 0 Å². The number of alkyl carbamates (subject to hydrolysis) is 1. The van der Waals surface area contributed by atoms with Gasteiger partial charge < -0.3 is 14.8 Å². The molecule has 1 aromatic rings. The minimum absolute atomic E-state index is 0.342. The fourth-order valence-electron chi connectivity index (χ4n) is 1.29. The molecule has 21 heavy (non-hydrogen) atoms. The third-order valence-corrected chi connectivity index (χ3v) is 2.05. The van der Waals surface area contributed by atoms with Gasteiger partial charge in [-0.25, -0.2) is 14.8 Å². The van der Waals surface area contributed by atoms with Crippen molar-refractivity contribution in [3.8, 4) is 17.9 Å². The quantitative estimate of drug-likeness (QED) is 0.679. The molecule has 0 aromatic carbocycles. The maximum Gasteiger partial charge on any atom is 0.407 e. The zero-order chi connectivity index (χ0) is 15.7. The van der Waals surface area contributed by atoms with Gasteiger partial charge in [-0.3, -0.25) is 0 Å². The van der Waals surface area contributed by atoms with E-state index >= 15 is 0 Å². The van der Waals surface area contributed by atoms with Crippen LogP contribution in [-0.2, 0) is 4.74 Å². The van der Waals surface area contributed by atoms with E-state index in [-0.39, 0.29) is 0 Å². The largest absolute Gasteiger partial charge is 0.464 e. The first-order valence-electron chi connectivity index (χ1n) is 6.81. The third kappa shape index (κ3) is 7.78. The van der Waals surface area contributed by atoms with Crippen LogP contribution in [0.4, 0.5) is 4.79 Å². The van der Waals surface area contributed by atoms with Crippen molar-refractivity contribution < 1.29 is 14.3 Å². The van der Waals surface area contributed by atoms with E-state index in [0.29, 0.717) is 31.1 Å². The zero-order valence-electron chi connectivity index (χ0n) is 12.9. The molecule has 0 spiro atoms. The summed E-state index contributed by atoms with van der Waals surface area (Å²) in [5.41, 5.74) is 0.214. The van der Waals surface area contributed by atoms with Gasteiger partial charge in [0.05, 0.1) is 12.2 Å². The highest BCUT2D eigenvalue weighted by molar-refractivity contribution is 5.67. The highest BCUT2D eigenvalue weighted by atomic mass is 16.6. The Balaban J connectivity index is 2.31. The molecule has 1 aromatic heterocycles. The summed E-state index contributed by atoms with van der Waals surface area (Å²) in [5, 5.41) is 2.64. The number of hydrogen-bond acceptors (Lipinski definition) is 5. The Kier molecular flexibility index (Phi) is 6.47. The molecule has 6 heteroatoms. The van der Waals surface area contributed by atoms with E-state index in [2.05, 4.69) is 27.1 Å². The Morgan fingerprint density at radius 3 is 2.57 bits per heavy atom. The molecule has 0 aliphatic rings. The van der Waals surface area contributed by atoms with E-state index in [9.17, 15) is 4.79 Å². The Morgan fingerprint density at radius 2 is 2.00 bits per heavy atom. The first kappa shape index (κ1) is 16.8. The van der Waals surface area contributed by atoms with E-state index < -0.39 is 11.7 Å². The summed E-state index contributed by atoms with van der Waals surface area (Å²) >= 11 is 0. The lowest BCUT2D eigenvalue weighted by atomic mass is 10.2. The number of aromatic nitrogens is 2. The second-order valence-corrected chi connectivity index (χ2v) is 5.17. The van der Waals surface area contributed by atoms with Crippen molar-refractivity contribution in [3.05, 3.63) is 18.0 Å². The average molecular weight is 291 g/mol. The molecular formula is C15H21N3O3. The maximum absolute atomic E-state index is 11.4. The Morgan fingerprint density at radius 1 is 1.33 bits per heavy atom. The molecule has 1 amide bonds. The highest BCUT2D eigenvalue weighted by Crippen LogP contribution is 2.06. The Bertz CT molecular complexity index is 510. The van der Waals surface area contributed by atoms with Crippen LogP contribution in [0.3, 0.4) is 0 Å². The van der Waals surface area contributed by atoms with Gasteiger partial charge in [-0.1, -0.05) is 11.8 Å². The van der Waals surface area contributed by atoms with Crippen molar-refractivity contribution in [1.29, 1.82) is 0 Å². The van der Waals surface area contributed by atoms with Gasteiger partial charge in [0.25, 0.3) is 0 Å². The molecule has 1 heterocycles. The molecule has 1 rings (SSSR count). The molecule has 0 bridgehead atoms. The van der Waals surface area contributed by atoms with Crippen LogP contribution in [0.2, 0.25) is 0 Å². The van der Waals surface area contributed by atoms with E-state index in [4.69, 9.17) is 9.47 Å². The first-order valence-corrected chi connectivity index (χ1v) is 6.81. The molecule has 0 aliphatic heterocycles. The minimum atomic E-state index is -0.491. The van der Waals surface area contributed by atoms with E-state index in [1.54, 1.807) is 12.4 Å². The number of carbonyl (C=O) groups excluding carboxylic acids is 1. The number of ether oxygens (including phenoxy) is 2. The fraction of sp³-hybridized carbons (Fsp3) is 0.533. The lowest BCUT2D eigenvalue weighted by Gasteiger charge is -2.19. The minimum Gasteiger partial charge on any atom is -0.464 e. The Labute approximate surface area is 125 Å². The van der Waals surface area contributed by atoms with Gasteiger partial charge in [-0.05, 0) is 27.7 Å². The van der Waals surface area contributed by atoms with Crippen LogP contribution in [0.15, 0.2) is 12.4 Å². The van der Waals surface area contributed by atoms with Crippen molar-refractivity contribution in [1.82, 2.24) is 15.3 Å². The molecule has 0 unspecified atom stereocenters. The summed E-state index contributed by atoms with van der Waals surface area (Å²) in [4.78, 5) is 19.4. The summed E-state index contributed by atoms with van der Waals surface area (Å²) in [7, 11) is 0. The molecule has 0 fully saturated rings. The SMILES string of the molecule is CCOc1ncc(C#CCCNC(=O)OC(C)(C)C)cn1. The second-order valence-electron chi connectivity index (χ2n) is 5.17. The van der Waals surface area contributed by atoms with Crippen molar-refractivity contribution in [2.45, 2.75) is 39.7 Å². The number of rotatable bonds is 4. The highest BCUT2D eigenvalue weighted by Gasteiger charge is 2.15. The predicted octanol–water partition coefficient (Wildman–Crippen LogP) is 2.14. The van der Waals surface area contributed by atoms with Crippen LogP contribution in [0.5, 0.6) is 6.01 Å². The van der Waals surface area contributed by atoms with Crippen LogP contribution in [-0.4, -0.2) is 34.8 Å². The third-order valence-electron chi connectivity index (χ3n) is 2.05. The van der Waals surface area contributed by atoms with Crippen molar-refractivity contribution in [2.24, 2.45) is 0 Å². The standard InChI is InChI=1S/C15H21N3O3/c1-5-20-13-17-10-12(11-18-13)8-6-7-9-16-14(19)21-15(2,3)4/h10-11H,5,7,9H2,1-4H3,(H,16,19). The second kappa shape index (κ2) is 8.10. The van der Waals surface area contributed by atoms with Crippen LogP contribution in [0.25, 0.3) is 0 Å². The average Bonchev–Trinajstić information content (AvgIpc) is 2.38. The van der Waals surface area contributed by atoms with Gasteiger partial charge in [0.15, 0.2) is 0 Å². The van der Waals surface area contributed by atoms with Crippen molar-refractivity contribution in [2.75, 3.05) is 13.2 Å². The van der Waals surface area contributed by atoms with E-state index in [1.165, 1.54) is 0 Å². The molecule has 1 N–H and O–H groups in total. The number of hydrogen-bond donors (Lipinski definition) is 1. The maximum atomic E-state index is 11.4. The lowest BCUT2D eigenvalue weighted by Crippen LogP contribution is -2.32. The molecule has 6 nitrogen and oxygen atoms in total. The molecule has 0 aliphatic carbocycles. The van der Waals surface area contributed by atoms with E-state index in [1.807, 2.05) is 27.7 Å². The van der Waals surface area contributed by atoms with Gasteiger partial charge in [-0.15, -0.1) is 0 Å². The summed E-state index contributed by atoms with van der Waals surface area (Å²) in [6.07, 6.45) is 3.29. The van der Waals surface area contributed by atoms with Crippen LogP contribution < -0.4 is 10.1 Å². The van der Waals surface area contributed by atoms with Crippen molar-refractivity contribution >= 4 is 6.09 Å². The number of nitrogens with zero attached hydrogens (tertiary/aromatic N) is 2. The topological polar surface area (TPSA) is 73.3 Å². The number of carbonyl (C=O) groups is 1. The number of amides is 1. The summed E-state index contributed by atoms with van der Waals surface area (Å²) in [5.74, 6) is 5.84. The van der Waals surface area contributed by atoms with Gasteiger partial charge in [-0.2, -0.15) is 0 Å². The molecule has 0 atom stereocenters. The number of nitrogens with one attached hydrogen (secondary N) is 1. The molecule has 114 valence electrons. The lowest BCUT2D eigenvalue weighted by molar-refractivity contribution is 0.0529. The Hall–Kier alpha value is -2.29. The summed E-state index contributed by atoms with van der Waals surface area (Å²) in [6, 6.07) is 0.342. The molecular weight excluding hydrogens is 270 g/mol. The fourth-order valence-corrected chi connectivity index (χ4v) is 1.29. The summed E-state index contributed by atoms with van der Waals surface area (Å²) in [6.45, 7) is 8.28. The molecule has 0 saturated heterocycles. The van der Waals surface area contributed by atoms with Gasteiger partial charge >= 0.3 is 12.1 Å². The molecule has 0 saturated carbocycles. The predicted molar refractivity (Wildman–Crippen MR) is 78.9 cm³/mol. The smallest absolute Gasteiger partial charge is 0.407 e. The monoisotopic (exact) mass is 291 g/mol. The van der Waals surface area contributed by atoms with Gasteiger partial charge in [0.1, 0.15) is 5.60 Å².